The van der Waals surface area contributed by atoms with E-state index < -0.39 is 11.8 Å². The monoisotopic (exact) mass is 280 g/mol. The van der Waals surface area contributed by atoms with Gasteiger partial charge in [0.1, 0.15) is 5.75 Å². The van der Waals surface area contributed by atoms with E-state index in [4.69, 9.17) is 4.74 Å². The van der Waals surface area contributed by atoms with E-state index in [0.29, 0.717) is 36.0 Å². The number of rotatable bonds is 4. The number of aromatic nitrogens is 1. The lowest BCUT2D eigenvalue weighted by Gasteiger charge is -2.06. The number of alkyl carbamates (subject to hydrolysis) is 1. The molecule has 2 rings (SSSR count). The summed E-state index contributed by atoms with van der Waals surface area (Å²) in [7, 11) is 0. The van der Waals surface area contributed by atoms with Crippen molar-refractivity contribution in [3.8, 4) is 17.2 Å². The zero-order chi connectivity index (χ0) is 14.7. The second-order valence-electron chi connectivity index (χ2n) is 4.22. The lowest BCUT2D eigenvalue weighted by Crippen LogP contribution is -2.26. The summed E-state index contributed by atoms with van der Waals surface area (Å²) in [5, 5.41) is 31.9. The van der Waals surface area contributed by atoms with E-state index in [1.54, 1.807) is 13.1 Å². The van der Waals surface area contributed by atoms with Crippen molar-refractivity contribution in [3.63, 3.8) is 0 Å². The fraction of sp³-hybridized carbons (Fsp3) is 0.308. The van der Waals surface area contributed by atoms with Crippen molar-refractivity contribution in [3.05, 3.63) is 17.8 Å². The van der Waals surface area contributed by atoms with Gasteiger partial charge in [0.25, 0.3) is 0 Å². The van der Waals surface area contributed by atoms with Crippen LogP contribution in [-0.2, 0) is 11.2 Å². The Morgan fingerprint density at radius 2 is 2.10 bits per heavy atom. The standard InChI is InChI=1S/C13H16N2O5/c1-2-20-13(19)14-4-3-7-6-15-11-8(16)5-9(17)12(18)10(7)11/h5-6,15-18H,2-4H2,1H3,(H,14,19). The second-order valence-corrected chi connectivity index (χ2v) is 4.22. The Kier molecular flexibility index (Phi) is 3.88. The zero-order valence-electron chi connectivity index (χ0n) is 10.9. The van der Waals surface area contributed by atoms with Gasteiger partial charge in [0.05, 0.1) is 17.5 Å². The largest absolute Gasteiger partial charge is 0.506 e. The average Bonchev–Trinajstić information content (AvgIpc) is 2.81. The van der Waals surface area contributed by atoms with Crippen molar-refractivity contribution >= 4 is 17.0 Å². The van der Waals surface area contributed by atoms with E-state index >= 15 is 0 Å². The Bertz CT molecular complexity index is 635. The molecule has 108 valence electrons. The number of nitrogens with one attached hydrogen (secondary N) is 2. The van der Waals surface area contributed by atoms with E-state index in [9.17, 15) is 20.1 Å². The molecule has 0 spiro atoms. The van der Waals surface area contributed by atoms with Crippen LogP contribution in [0.25, 0.3) is 10.9 Å². The number of benzene rings is 1. The third kappa shape index (κ3) is 2.56. The number of phenols is 3. The normalized spacial score (nSPS) is 10.7. The molecule has 2 aromatic rings. The SMILES string of the molecule is CCOC(=O)NCCc1c[nH]c2c(O)cc(O)c(O)c12. The fourth-order valence-electron chi connectivity index (χ4n) is 2.01. The Hall–Kier alpha value is -2.57. The van der Waals surface area contributed by atoms with Crippen molar-refractivity contribution in [2.75, 3.05) is 13.2 Å². The number of hydrogen-bond acceptors (Lipinski definition) is 5. The van der Waals surface area contributed by atoms with Gasteiger partial charge in [0.2, 0.25) is 0 Å². The average molecular weight is 280 g/mol. The van der Waals surface area contributed by atoms with Crippen LogP contribution in [0.4, 0.5) is 4.79 Å². The van der Waals surface area contributed by atoms with E-state index in [0.717, 1.165) is 6.07 Å². The smallest absolute Gasteiger partial charge is 0.407 e. The van der Waals surface area contributed by atoms with Crippen molar-refractivity contribution in [2.45, 2.75) is 13.3 Å². The molecule has 0 saturated heterocycles. The van der Waals surface area contributed by atoms with Gasteiger partial charge in [-0.15, -0.1) is 0 Å². The van der Waals surface area contributed by atoms with E-state index in [1.807, 2.05) is 0 Å². The number of phenolic OH excluding ortho intramolecular Hbond substituents is 3. The number of H-pyrrole nitrogens is 1. The Labute approximate surface area is 114 Å². The summed E-state index contributed by atoms with van der Waals surface area (Å²) >= 11 is 0. The maximum atomic E-state index is 11.1. The molecule has 0 saturated carbocycles. The van der Waals surface area contributed by atoms with E-state index in [2.05, 4.69) is 10.3 Å². The summed E-state index contributed by atoms with van der Waals surface area (Å²) in [6, 6.07) is 1.06. The first-order chi connectivity index (χ1) is 9.54. The lowest BCUT2D eigenvalue weighted by atomic mass is 10.1. The van der Waals surface area contributed by atoms with Gasteiger partial charge in [-0.1, -0.05) is 0 Å². The molecule has 0 aliphatic rings. The van der Waals surface area contributed by atoms with Crippen LogP contribution in [0.5, 0.6) is 17.2 Å². The first-order valence-corrected chi connectivity index (χ1v) is 6.19. The van der Waals surface area contributed by atoms with Crippen LogP contribution in [0.15, 0.2) is 12.3 Å². The quantitative estimate of drug-likeness (QED) is 0.431. The molecule has 1 aromatic heterocycles. The molecule has 1 aromatic carbocycles. The summed E-state index contributed by atoms with van der Waals surface area (Å²) in [5.74, 6) is -0.848. The number of carbonyl (C=O) groups excluding carboxylic acids is 1. The van der Waals surface area contributed by atoms with Gasteiger partial charge in [-0.05, 0) is 18.9 Å². The van der Waals surface area contributed by atoms with Gasteiger partial charge in [-0.3, -0.25) is 0 Å². The minimum atomic E-state index is -0.512. The highest BCUT2D eigenvalue weighted by molar-refractivity contribution is 5.95. The van der Waals surface area contributed by atoms with Gasteiger partial charge in [-0.25, -0.2) is 4.79 Å². The predicted octanol–water partition coefficient (Wildman–Crippen LogP) is 1.57. The summed E-state index contributed by atoms with van der Waals surface area (Å²) < 4.78 is 4.72. The van der Waals surface area contributed by atoms with Gasteiger partial charge < -0.3 is 30.4 Å². The highest BCUT2D eigenvalue weighted by Crippen LogP contribution is 2.40. The third-order valence-corrected chi connectivity index (χ3v) is 2.91. The van der Waals surface area contributed by atoms with Gasteiger partial charge in [0.15, 0.2) is 11.5 Å². The van der Waals surface area contributed by atoms with Gasteiger partial charge in [-0.2, -0.15) is 0 Å². The molecule has 5 N–H and O–H groups in total. The number of ether oxygens (including phenoxy) is 1. The Morgan fingerprint density at radius 1 is 1.35 bits per heavy atom. The van der Waals surface area contributed by atoms with Crippen LogP contribution in [-0.4, -0.2) is 39.5 Å². The topological polar surface area (TPSA) is 115 Å². The van der Waals surface area contributed by atoms with Crippen LogP contribution >= 0.6 is 0 Å². The first kappa shape index (κ1) is 13.9. The van der Waals surface area contributed by atoms with Gasteiger partial charge >= 0.3 is 6.09 Å². The number of fused-ring (bicyclic) bond motifs is 1. The maximum Gasteiger partial charge on any atom is 0.407 e. The van der Waals surface area contributed by atoms with Gasteiger partial charge in [0, 0.05) is 18.8 Å². The molecule has 0 atom stereocenters. The third-order valence-electron chi connectivity index (χ3n) is 2.91. The van der Waals surface area contributed by atoms with Crippen LogP contribution < -0.4 is 5.32 Å². The molecule has 7 heteroatoms. The summed E-state index contributed by atoms with van der Waals surface area (Å²) in [4.78, 5) is 14.0. The minimum absolute atomic E-state index is 0.153. The van der Waals surface area contributed by atoms with Crippen molar-refractivity contribution in [1.82, 2.24) is 10.3 Å². The molecule has 0 bridgehead atoms. The highest BCUT2D eigenvalue weighted by Gasteiger charge is 2.15. The van der Waals surface area contributed by atoms with Crippen molar-refractivity contribution in [2.24, 2.45) is 0 Å². The number of hydrogen-bond donors (Lipinski definition) is 5. The van der Waals surface area contributed by atoms with E-state index in [-0.39, 0.29) is 11.5 Å². The van der Waals surface area contributed by atoms with Crippen LogP contribution in [0.1, 0.15) is 12.5 Å². The lowest BCUT2D eigenvalue weighted by molar-refractivity contribution is 0.152. The Balaban J connectivity index is 2.17. The number of amides is 1. The molecule has 0 unspecified atom stereocenters. The number of aromatic amines is 1. The van der Waals surface area contributed by atoms with Crippen molar-refractivity contribution in [1.29, 1.82) is 0 Å². The molecule has 0 radical (unpaired) electrons. The number of carbonyl (C=O) groups is 1. The molecule has 7 nitrogen and oxygen atoms in total. The maximum absolute atomic E-state index is 11.1. The first-order valence-electron chi connectivity index (χ1n) is 6.19. The van der Waals surface area contributed by atoms with Crippen molar-refractivity contribution < 1.29 is 24.9 Å². The Morgan fingerprint density at radius 3 is 2.80 bits per heavy atom. The molecule has 0 fully saturated rings. The molecular weight excluding hydrogens is 264 g/mol. The zero-order valence-corrected chi connectivity index (χ0v) is 10.9. The van der Waals surface area contributed by atoms with Crippen LogP contribution in [0.3, 0.4) is 0 Å². The molecule has 1 heterocycles. The molecular formula is C13H16N2O5. The number of aromatic hydroxyl groups is 3. The van der Waals surface area contributed by atoms with Crippen LogP contribution in [0, 0.1) is 0 Å². The van der Waals surface area contributed by atoms with Crippen LogP contribution in [0.2, 0.25) is 0 Å². The summed E-state index contributed by atoms with van der Waals surface area (Å²) in [5.41, 5.74) is 1.01. The second kappa shape index (κ2) is 5.60. The fourth-order valence-corrected chi connectivity index (χ4v) is 2.01. The predicted molar refractivity (Wildman–Crippen MR) is 72.0 cm³/mol. The summed E-state index contributed by atoms with van der Waals surface area (Å²) in [6.45, 7) is 2.31. The highest BCUT2D eigenvalue weighted by atomic mass is 16.5. The van der Waals surface area contributed by atoms with E-state index in [1.165, 1.54) is 0 Å². The summed E-state index contributed by atoms with van der Waals surface area (Å²) in [6.07, 6.45) is 1.51. The minimum Gasteiger partial charge on any atom is -0.506 e. The molecule has 20 heavy (non-hydrogen) atoms. The molecule has 1 amide bonds. The molecule has 0 aliphatic heterocycles. The molecule has 0 aliphatic carbocycles.